The Morgan fingerprint density at radius 1 is 1.11 bits per heavy atom. The molecule has 5 nitrogen and oxygen atoms in total. The molecule has 0 bridgehead atoms. The molecule has 0 spiro atoms. The molecular weight excluding hydrogens is 345 g/mol. The maximum Gasteiger partial charge on any atom is 0.260 e. The molecule has 0 fully saturated rings. The van der Waals surface area contributed by atoms with E-state index in [2.05, 4.69) is 32.7 Å². The molecule has 0 radical (unpaired) electrons. The number of hydrogen-bond acceptors (Lipinski definition) is 5. The summed E-state index contributed by atoms with van der Waals surface area (Å²) in [6, 6.07) is 11.0. The summed E-state index contributed by atoms with van der Waals surface area (Å²) in [4.78, 5) is 4.27. The molecule has 2 heterocycles. The van der Waals surface area contributed by atoms with E-state index in [0.717, 1.165) is 9.33 Å². The number of halogens is 1. The highest BCUT2D eigenvalue weighted by atomic mass is 127. The summed E-state index contributed by atoms with van der Waals surface area (Å²) in [6.45, 7) is 0. The van der Waals surface area contributed by atoms with Crippen LogP contribution in [0.15, 0.2) is 45.3 Å². The number of nitrogens with two attached hydrogens (primary N) is 1. The van der Waals surface area contributed by atoms with Gasteiger partial charge in [0.1, 0.15) is 0 Å². The third-order valence-electron chi connectivity index (χ3n) is 2.41. The molecule has 90 valence electrons. The van der Waals surface area contributed by atoms with Crippen LogP contribution in [-0.2, 0) is 0 Å². The average Bonchev–Trinajstić information content (AvgIpc) is 2.98. The van der Waals surface area contributed by atoms with Gasteiger partial charge in [0.2, 0.25) is 5.82 Å². The Morgan fingerprint density at radius 3 is 2.67 bits per heavy atom. The lowest BCUT2D eigenvalue weighted by Gasteiger charge is -1.97. The van der Waals surface area contributed by atoms with Crippen molar-refractivity contribution in [2.24, 2.45) is 0 Å². The van der Waals surface area contributed by atoms with Crippen molar-refractivity contribution in [2.45, 2.75) is 0 Å². The molecule has 0 saturated carbocycles. The van der Waals surface area contributed by atoms with Gasteiger partial charge in [-0.15, -0.1) is 0 Å². The second-order valence-electron chi connectivity index (χ2n) is 3.61. The number of nitrogen functional groups attached to an aromatic ring is 1. The Kier molecular flexibility index (Phi) is 2.78. The van der Waals surface area contributed by atoms with Crippen molar-refractivity contribution in [3.8, 4) is 23.0 Å². The van der Waals surface area contributed by atoms with Crippen molar-refractivity contribution >= 4 is 28.3 Å². The van der Waals surface area contributed by atoms with Gasteiger partial charge in [-0.05, 0) is 46.9 Å². The van der Waals surface area contributed by atoms with E-state index in [1.54, 1.807) is 12.1 Å². The Bertz CT molecular complexity index is 690. The lowest BCUT2D eigenvalue weighted by atomic mass is 10.2. The third kappa shape index (κ3) is 1.99. The first-order valence-electron chi connectivity index (χ1n) is 5.18. The third-order valence-corrected chi connectivity index (χ3v) is 2.99. The number of furan rings is 1. The van der Waals surface area contributed by atoms with Gasteiger partial charge in [0.05, 0.1) is 5.56 Å². The van der Waals surface area contributed by atoms with Gasteiger partial charge < -0.3 is 14.7 Å². The predicted molar refractivity (Wildman–Crippen MR) is 74.6 cm³/mol. The van der Waals surface area contributed by atoms with Gasteiger partial charge in [0.25, 0.3) is 5.89 Å². The molecule has 0 aliphatic rings. The van der Waals surface area contributed by atoms with Crippen molar-refractivity contribution in [1.82, 2.24) is 10.1 Å². The van der Waals surface area contributed by atoms with E-state index in [0.29, 0.717) is 23.2 Å². The Labute approximate surface area is 116 Å². The topological polar surface area (TPSA) is 78.1 Å². The fraction of sp³-hybridized carbons (Fsp3) is 0. The Balaban J connectivity index is 2.02. The molecule has 18 heavy (non-hydrogen) atoms. The van der Waals surface area contributed by atoms with E-state index in [9.17, 15) is 0 Å². The van der Waals surface area contributed by atoms with E-state index >= 15 is 0 Å². The SMILES string of the molecule is Nc1ccccc1-c1nc(-c2ccc(I)o2)no1. The molecule has 3 rings (SSSR count). The smallest absolute Gasteiger partial charge is 0.260 e. The zero-order valence-electron chi connectivity index (χ0n) is 9.13. The molecular formula is C12H8IN3O2. The van der Waals surface area contributed by atoms with Crippen molar-refractivity contribution < 1.29 is 8.94 Å². The molecule has 0 aliphatic carbocycles. The molecule has 2 aromatic heterocycles. The number of anilines is 1. The Hall–Kier alpha value is -1.83. The zero-order chi connectivity index (χ0) is 12.5. The second kappa shape index (κ2) is 4.45. The summed E-state index contributed by atoms with van der Waals surface area (Å²) < 4.78 is 11.4. The molecule has 0 unspecified atom stereocenters. The summed E-state index contributed by atoms with van der Waals surface area (Å²) in [7, 11) is 0. The van der Waals surface area contributed by atoms with E-state index in [1.165, 1.54) is 0 Å². The van der Waals surface area contributed by atoms with Crippen LogP contribution in [0, 0.1) is 3.77 Å². The molecule has 0 saturated heterocycles. The normalized spacial score (nSPS) is 10.7. The van der Waals surface area contributed by atoms with Crippen molar-refractivity contribution in [3.05, 3.63) is 40.2 Å². The molecule has 6 heteroatoms. The van der Waals surface area contributed by atoms with E-state index < -0.39 is 0 Å². The van der Waals surface area contributed by atoms with Crippen LogP contribution in [-0.4, -0.2) is 10.1 Å². The van der Waals surface area contributed by atoms with Crippen LogP contribution in [0.4, 0.5) is 5.69 Å². The van der Waals surface area contributed by atoms with Crippen LogP contribution < -0.4 is 5.73 Å². The largest absolute Gasteiger partial charge is 0.447 e. The van der Waals surface area contributed by atoms with Crippen LogP contribution in [0.2, 0.25) is 0 Å². The summed E-state index contributed by atoms with van der Waals surface area (Å²) in [5, 5.41) is 3.88. The second-order valence-corrected chi connectivity index (χ2v) is 4.68. The average molecular weight is 353 g/mol. The van der Waals surface area contributed by atoms with Crippen molar-refractivity contribution in [2.75, 3.05) is 5.73 Å². The van der Waals surface area contributed by atoms with Crippen LogP contribution in [0.5, 0.6) is 0 Å². The standard InChI is InChI=1S/C12H8IN3O2/c13-10-6-5-9(17-10)11-15-12(18-16-11)7-3-1-2-4-8(7)14/h1-6H,14H2. The first kappa shape index (κ1) is 11.3. The number of nitrogens with zero attached hydrogens (tertiary/aromatic N) is 2. The maximum absolute atomic E-state index is 5.85. The van der Waals surface area contributed by atoms with Crippen molar-refractivity contribution in [1.29, 1.82) is 0 Å². The minimum atomic E-state index is 0.384. The Morgan fingerprint density at radius 2 is 1.94 bits per heavy atom. The van der Waals surface area contributed by atoms with Crippen LogP contribution in [0.1, 0.15) is 0 Å². The van der Waals surface area contributed by atoms with Gasteiger partial charge in [0.15, 0.2) is 9.53 Å². The monoisotopic (exact) mass is 353 g/mol. The van der Waals surface area contributed by atoms with Crippen LogP contribution >= 0.6 is 22.6 Å². The van der Waals surface area contributed by atoms with Gasteiger partial charge >= 0.3 is 0 Å². The minimum absolute atomic E-state index is 0.384. The zero-order valence-corrected chi connectivity index (χ0v) is 11.3. The molecule has 0 aliphatic heterocycles. The minimum Gasteiger partial charge on any atom is -0.447 e. The highest BCUT2D eigenvalue weighted by molar-refractivity contribution is 14.1. The quantitative estimate of drug-likeness (QED) is 0.566. The van der Waals surface area contributed by atoms with Crippen LogP contribution in [0.25, 0.3) is 23.0 Å². The first-order valence-corrected chi connectivity index (χ1v) is 6.26. The summed E-state index contributed by atoms with van der Waals surface area (Å²) in [6.07, 6.45) is 0. The van der Waals surface area contributed by atoms with Crippen molar-refractivity contribution in [3.63, 3.8) is 0 Å². The van der Waals surface area contributed by atoms with Gasteiger partial charge in [-0.25, -0.2) is 0 Å². The molecule has 0 amide bonds. The van der Waals surface area contributed by atoms with Gasteiger partial charge in [0, 0.05) is 5.69 Å². The fourth-order valence-electron chi connectivity index (χ4n) is 1.56. The highest BCUT2D eigenvalue weighted by Gasteiger charge is 2.14. The summed E-state index contributed by atoms with van der Waals surface area (Å²) in [5.41, 5.74) is 7.17. The first-order chi connectivity index (χ1) is 8.74. The molecule has 3 aromatic rings. The fourth-order valence-corrected chi connectivity index (χ4v) is 1.98. The number of benzene rings is 1. The maximum atomic E-state index is 5.85. The predicted octanol–water partition coefficient (Wildman–Crippen LogP) is 3.18. The lowest BCUT2D eigenvalue weighted by Crippen LogP contribution is -1.89. The van der Waals surface area contributed by atoms with Gasteiger partial charge in [-0.3, -0.25) is 0 Å². The molecule has 2 N–H and O–H groups in total. The summed E-state index contributed by atoms with van der Waals surface area (Å²) >= 11 is 2.08. The number of hydrogen-bond donors (Lipinski definition) is 1. The van der Waals surface area contributed by atoms with Gasteiger partial charge in [-0.1, -0.05) is 17.3 Å². The molecule has 0 atom stereocenters. The van der Waals surface area contributed by atoms with E-state index in [-0.39, 0.29) is 0 Å². The van der Waals surface area contributed by atoms with E-state index in [4.69, 9.17) is 14.7 Å². The summed E-state index contributed by atoms with van der Waals surface area (Å²) in [5.74, 6) is 1.37. The highest BCUT2D eigenvalue weighted by Crippen LogP contribution is 2.27. The number of para-hydroxylation sites is 1. The molecule has 1 aromatic carbocycles. The number of aromatic nitrogens is 2. The lowest BCUT2D eigenvalue weighted by molar-refractivity contribution is 0.429. The number of rotatable bonds is 2. The van der Waals surface area contributed by atoms with Crippen LogP contribution in [0.3, 0.4) is 0 Å². The van der Waals surface area contributed by atoms with E-state index in [1.807, 2.05) is 24.3 Å². The van der Waals surface area contributed by atoms with Gasteiger partial charge in [-0.2, -0.15) is 4.98 Å².